The summed E-state index contributed by atoms with van der Waals surface area (Å²) in [6.07, 6.45) is 0.133. The molecule has 1 atom stereocenters. The summed E-state index contributed by atoms with van der Waals surface area (Å²) in [7, 11) is -1.70. The third kappa shape index (κ3) is 3.83. The van der Waals surface area contributed by atoms with Crippen molar-refractivity contribution in [3.8, 4) is 0 Å². The van der Waals surface area contributed by atoms with Crippen molar-refractivity contribution >= 4 is 19.9 Å². The van der Waals surface area contributed by atoms with Gasteiger partial charge in [-0.05, 0) is 42.8 Å². The van der Waals surface area contributed by atoms with Gasteiger partial charge in [0.1, 0.15) is 0 Å². The molecule has 17 heavy (non-hydrogen) atoms. The summed E-state index contributed by atoms with van der Waals surface area (Å²) in [6, 6.07) is 7.92. The molecule has 0 amide bonds. The van der Waals surface area contributed by atoms with E-state index >= 15 is 0 Å². The minimum atomic E-state index is -1.70. The number of hydrogen-bond acceptors (Lipinski definition) is 1. The molecule has 0 saturated heterocycles. The quantitative estimate of drug-likeness (QED) is 0.666. The first-order valence-corrected chi connectivity index (χ1v) is 9.35. The molecule has 1 rings (SSSR count). The zero-order valence-corrected chi connectivity index (χ0v) is 13.4. The van der Waals surface area contributed by atoms with Gasteiger partial charge in [-0.1, -0.05) is 44.5 Å². The van der Waals surface area contributed by atoms with Crippen LogP contribution in [-0.2, 0) is 4.43 Å². The van der Waals surface area contributed by atoms with Crippen molar-refractivity contribution in [2.45, 2.75) is 51.9 Å². The average molecular weight is 271 g/mol. The number of benzene rings is 1. The molecule has 0 aliphatic heterocycles. The molecular weight excluding hydrogens is 248 g/mol. The van der Waals surface area contributed by atoms with Crippen molar-refractivity contribution in [2.75, 3.05) is 0 Å². The second-order valence-electron chi connectivity index (χ2n) is 6.07. The van der Waals surface area contributed by atoms with E-state index in [1.54, 1.807) is 0 Å². The Hall–Kier alpha value is -0.313. The van der Waals surface area contributed by atoms with Crippen LogP contribution >= 0.6 is 11.6 Å². The predicted octanol–water partition coefficient (Wildman–Crippen LogP) is 5.42. The Morgan fingerprint density at radius 1 is 1.12 bits per heavy atom. The molecule has 0 bridgehead atoms. The standard InChI is InChI=1S/C14H23ClOSi/c1-11(12-7-9-13(15)10-8-12)16-17(5,6)14(2,3)4/h7-11H,1-6H3. The lowest BCUT2D eigenvalue weighted by atomic mass is 10.1. The number of rotatable bonds is 3. The van der Waals surface area contributed by atoms with Crippen molar-refractivity contribution in [3.63, 3.8) is 0 Å². The van der Waals surface area contributed by atoms with Crippen LogP contribution in [0.3, 0.4) is 0 Å². The van der Waals surface area contributed by atoms with Crippen molar-refractivity contribution in [3.05, 3.63) is 34.9 Å². The molecule has 0 N–H and O–H groups in total. The molecule has 0 heterocycles. The minimum Gasteiger partial charge on any atom is -0.410 e. The van der Waals surface area contributed by atoms with Gasteiger partial charge in [-0.25, -0.2) is 0 Å². The first-order chi connectivity index (χ1) is 7.63. The Balaban J connectivity index is 2.79. The lowest BCUT2D eigenvalue weighted by Crippen LogP contribution is -2.41. The highest BCUT2D eigenvalue weighted by Gasteiger charge is 2.38. The maximum atomic E-state index is 6.32. The van der Waals surface area contributed by atoms with Gasteiger partial charge in [0.15, 0.2) is 8.32 Å². The van der Waals surface area contributed by atoms with Crippen LogP contribution < -0.4 is 0 Å². The molecule has 0 aliphatic rings. The Bertz CT molecular complexity index is 365. The lowest BCUT2D eigenvalue weighted by Gasteiger charge is -2.38. The summed E-state index contributed by atoms with van der Waals surface area (Å²) in [5, 5.41) is 1.02. The summed E-state index contributed by atoms with van der Waals surface area (Å²) in [6.45, 7) is 13.4. The maximum absolute atomic E-state index is 6.32. The Morgan fingerprint density at radius 2 is 1.59 bits per heavy atom. The molecule has 1 nitrogen and oxygen atoms in total. The van der Waals surface area contributed by atoms with E-state index in [1.165, 1.54) is 5.56 Å². The molecule has 0 aromatic heterocycles. The van der Waals surface area contributed by atoms with E-state index in [0.717, 1.165) is 5.02 Å². The van der Waals surface area contributed by atoms with Crippen LogP contribution in [0.1, 0.15) is 39.4 Å². The van der Waals surface area contributed by atoms with Crippen molar-refractivity contribution in [2.24, 2.45) is 0 Å². The Morgan fingerprint density at radius 3 is 2.00 bits per heavy atom. The fourth-order valence-corrected chi connectivity index (χ4v) is 2.92. The zero-order valence-electron chi connectivity index (χ0n) is 11.7. The summed E-state index contributed by atoms with van der Waals surface area (Å²) < 4.78 is 6.32. The van der Waals surface area contributed by atoms with E-state index < -0.39 is 8.32 Å². The average Bonchev–Trinajstić information content (AvgIpc) is 2.16. The monoisotopic (exact) mass is 270 g/mol. The van der Waals surface area contributed by atoms with Gasteiger partial charge in [0.05, 0.1) is 6.10 Å². The molecule has 0 spiro atoms. The molecule has 96 valence electrons. The van der Waals surface area contributed by atoms with E-state index in [4.69, 9.17) is 16.0 Å². The molecule has 0 saturated carbocycles. The first-order valence-electron chi connectivity index (χ1n) is 6.07. The van der Waals surface area contributed by atoms with Gasteiger partial charge in [-0.15, -0.1) is 0 Å². The third-order valence-corrected chi connectivity index (χ3v) is 8.42. The summed E-state index contributed by atoms with van der Waals surface area (Å²) in [4.78, 5) is 0. The zero-order chi connectivity index (χ0) is 13.3. The van der Waals surface area contributed by atoms with Crippen LogP contribution in [0.2, 0.25) is 23.2 Å². The smallest absolute Gasteiger partial charge is 0.192 e. The molecule has 1 unspecified atom stereocenters. The molecule has 1 aromatic carbocycles. The van der Waals surface area contributed by atoms with Gasteiger partial charge in [-0.2, -0.15) is 0 Å². The van der Waals surface area contributed by atoms with Crippen molar-refractivity contribution < 1.29 is 4.43 Å². The lowest BCUT2D eigenvalue weighted by molar-refractivity contribution is 0.203. The summed E-state index contributed by atoms with van der Waals surface area (Å²) in [5.74, 6) is 0. The molecule has 3 heteroatoms. The van der Waals surface area contributed by atoms with Gasteiger partial charge in [0.25, 0.3) is 0 Å². The van der Waals surface area contributed by atoms with E-state index in [2.05, 4.69) is 40.8 Å². The fraction of sp³-hybridized carbons (Fsp3) is 0.571. The van der Waals surface area contributed by atoms with Crippen LogP contribution in [0.5, 0.6) is 0 Å². The van der Waals surface area contributed by atoms with Gasteiger partial charge >= 0.3 is 0 Å². The van der Waals surface area contributed by atoms with Crippen LogP contribution in [0.4, 0.5) is 0 Å². The van der Waals surface area contributed by atoms with E-state index in [0.29, 0.717) is 0 Å². The van der Waals surface area contributed by atoms with Gasteiger partial charge in [0.2, 0.25) is 0 Å². The van der Waals surface area contributed by atoms with Crippen molar-refractivity contribution in [1.29, 1.82) is 0 Å². The highest BCUT2D eigenvalue weighted by Crippen LogP contribution is 2.39. The van der Waals surface area contributed by atoms with E-state index in [9.17, 15) is 0 Å². The maximum Gasteiger partial charge on any atom is 0.192 e. The second kappa shape index (κ2) is 5.13. The third-order valence-electron chi connectivity index (χ3n) is 3.62. The number of halogens is 1. The van der Waals surface area contributed by atoms with Crippen molar-refractivity contribution in [1.82, 2.24) is 0 Å². The minimum absolute atomic E-state index is 0.133. The highest BCUT2D eigenvalue weighted by atomic mass is 35.5. The molecule has 0 fully saturated rings. The molecule has 0 aliphatic carbocycles. The number of hydrogen-bond donors (Lipinski definition) is 0. The Labute approximate surface area is 111 Å². The second-order valence-corrected chi connectivity index (χ2v) is 11.3. The molecule has 1 aromatic rings. The topological polar surface area (TPSA) is 9.23 Å². The Kier molecular flexibility index (Phi) is 4.45. The van der Waals surface area contributed by atoms with Gasteiger partial charge < -0.3 is 4.43 Å². The molecule has 0 radical (unpaired) electrons. The summed E-state index contributed by atoms with van der Waals surface area (Å²) >= 11 is 5.89. The van der Waals surface area contributed by atoms with Gasteiger partial charge in [-0.3, -0.25) is 0 Å². The van der Waals surface area contributed by atoms with Crippen LogP contribution in [0.15, 0.2) is 24.3 Å². The van der Waals surface area contributed by atoms with Crippen LogP contribution in [0, 0.1) is 0 Å². The van der Waals surface area contributed by atoms with E-state index in [1.807, 2.05) is 24.3 Å². The normalized spacial score (nSPS) is 14.8. The highest BCUT2D eigenvalue weighted by molar-refractivity contribution is 6.74. The fourth-order valence-electron chi connectivity index (χ4n) is 1.42. The van der Waals surface area contributed by atoms with Crippen LogP contribution in [0.25, 0.3) is 0 Å². The van der Waals surface area contributed by atoms with Gasteiger partial charge in [0, 0.05) is 5.02 Å². The predicted molar refractivity (Wildman–Crippen MR) is 78.1 cm³/mol. The molecular formula is C14H23ClOSi. The largest absolute Gasteiger partial charge is 0.410 e. The summed E-state index contributed by atoms with van der Waals surface area (Å²) in [5.41, 5.74) is 1.19. The van der Waals surface area contributed by atoms with E-state index in [-0.39, 0.29) is 11.1 Å². The first kappa shape index (κ1) is 14.7. The van der Waals surface area contributed by atoms with Crippen LogP contribution in [-0.4, -0.2) is 8.32 Å². The SMILES string of the molecule is CC(O[Si](C)(C)C(C)(C)C)c1ccc(Cl)cc1.